The van der Waals surface area contributed by atoms with Crippen molar-refractivity contribution in [3.63, 3.8) is 0 Å². The first kappa shape index (κ1) is 9.43. The largest absolute Gasteiger partial charge is 0.377 e. The van der Waals surface area contributed by atoms with Crippen molar-refractivity contribution in [3.05, 3.63) is 0 Å². The lowest BCUT2D eigenvalue weighted by Crippen LogP contribution is -2.25. The highest BCUT2D eigenvalue weighted by molar-refractivity contribution is 5.45. The van der Waals surface area contributed by atoms with Gasteiger partial charge in [0.25, 0.3) is 0 Å². The van der Waals surface area contributed by atoms with Gasteiger partial charge < -0.3 is 10.1 Å². The Bertz CT molecular complexity index is 85.7. The van der Waals surface area contributed by atoms with E-state index in [4.69, 9.17) is 4.74 Å². The maximum atomic E-state index is 9.82. The fourth-order valence-corrected chi connectivity index (χ4v) is 0.592. The van der Waals surface area contributed by atoms with Gasteiger partial charge in [-0.25, -0.2) is 0 Å². The first-order valence-electron chi connectivity index (χ1n) is 3.60. The Morgan fingerprint density at radius 1 is 1.70 bits per heavy atom. The molecule has 0 aliphatic rings. The van der Waals surface area contributed by atoms with E-state index in [2.05, 4.69) is 12.2 Å². The van der Waals surface area contributed by atoms with Gasteiger partial charge in [-0.15, -0.1) is 0 Å². The first-order chi connectivity index (χ1) is 4.81. The van der Waals surface area contributed by atoms with Crippen molar-refractivity contribution in [2.24, 2.45) is 0 Å². The summed E-state index contributed by atoms with van der Waals surface area (Å²) in [4.78, 5) is 9.82. The highest BCUT2D eigenvalue weighted by Gasteiger charge is 1.97. The first-order valence-corrected chi connectivity index (χ1v) is 3.60. The Labute approximate surface area is 61.8 Å². The summed E-state index contributed by atoms with van der Waals surface area (Å²) < 4.78 is 5.27. The normalized spacial score (nSPS) is 12.6. The van der Waals surface area contributed by atoms with Crippen molar-refractivity contribution >= 4 is 6.41 Å². The smallest absolute Gasteiger partial charge is 0.207 e. The summed E-state index contributed by atoms with van der Waals surface area (Å²) in [5, 5.41) is 2.55. The van der Waals surface area contributed by atoms with Crippen molar-refractivity contribution in [2.45, 2.75) is 26.4 Å². The zero-order chi connectivity index (χ0) is 7.82. The molecule has 0 spiro atoms. The van der Waals surface area contributed by atoms with Crippen LogP contribution in [0.2, 0.25) is 0 Å². The van der Waals surface area contributed by atoms with Crippen LogP contribution in [-0.4, -0.2) is 25.7 Å². The average Bonchev–Trinajstić information content (AvgIpc) is 1.97. The molecule has 1 atom stereocenters. The molecule has 3 nitrogen and oxygen atoms in total. The minimum Gasteiger partial charge on any atom is -0.377 e. The van der Waals surface area contributed by atoms with Crippen LogP contribution in [0, 0.1) is 0 Å². The van der Waals surface area contributed by atoms with Crippen LogP contribution in [0.5, 0.6) is 0 Å². The molecule has 0 bridgehead atoms. The maximum Gasteiger partial charge on any atom is 0.207 e. The minimum atomic E-state index is 0.130. The lowest BCUT2D eigenvalue weighted by Gasteiger charge is -2.10. The van der Waals surface area contributed by atoms with Gasteiger partial charge in [-0.2, -0.15) is 0 Å². The Hall–Kier alpha value is -0.570. The number of hydrogen-bond donors (Lipinski definition) is 1. The van der Waals surface area contributed by atoms with Gasteiger partial charge in [0.2, 0.25) is 6.41 Å². The van der Waals surface area contributed by atoms with Gasteiger partial charge in [0.15, 0.2) is 0 Å². The third kappa shape index (κ3) is 5.56. The van der Waals surface area contributed by atoms with Crippen LogP contribution in [0.15, 0.2) is 0 Å². The number of carbonyl (C=O) groups is 1. The molecule has 60 valence electrons. The number of nitrogens with one attached hydrogen (secondary N) is 1. The highest BCUT2D eigenvalue weighted by atomic mass is 16.5. The molecule has 1 N–H and O–H groups in total. The van der Waals surface area contributed by atoms with Gasteiger partial charge in [0.1, 0.15) is 0 Å². The number of rotatable bonds is 6. The van der Waals surface area contributed by atoms with Crippen molar-refractivity contribution in [1.82, 2.24) is 5.32 Å². The van der Waals surface area contributed by atoms with E-state index >= 15 is 0 Å². The topological polar surface area (TPSA) is 38.3 Å². The van der Waals surface area contributed by atoms with Gasteiger partial charge in [0.05, 0.1) is 6.10 Å². The lowest BCUT2D eigenvalue weighted by atomic mass is 10.4. The Balaban J connectivity index is 3.07. The zero-order valence-electron chi connectivity index (χ0n) is 6.59. The Morgan fingerprint density at radius 3 is 2.90 bits per heavy atom. The third-order valence-corrected chi connectivity index (χ3v) is 1.10. The van der Waals surface area contributed by atoms with Crippen LogP contribution < -0.4 is 5.32 Å². The van der Waals surface area contributed by atoms with E-state index in [9.17, 15) is 4.79 Å². The predicted octanol–water partition coefficient (Wildman–Crippen LogP) is 0.547. The Kier molecular flexibility index (Phi) is 6.18. The number of hydrogen-bond acceptors (Lipinski definition) is 2. The van der Waals surface area contributed by atoms with E-state index < -0.39 is 0 Å². The molecule has 0 aromatic carbocycles. The molecule has 10 heavy (non-hydrogen) atoms. The average molecular weight is 145 g/mol. The number of ether oxygens (including phenoxy) is 1. The molecule has 3 heteroatoms. The van der Waals surface area contributed by atoms with Crippen LogP contribution in [0.25, 0.3) is 0 Å². The summed E-state index contributed by atoms with van der Waals surface area (Å²) >= 11 is 0. The van der Waals surface area contributed by atoms with Crippen LogP contribution in [0.4, 0.5) is 0 Å². The van der Waals surface area contributed by atoms with Crippen LogP contribution >= 0.6 is 0 Å². The molecule has 0 aromatic heterocycles. The highest BCUT2D eigenvalue weighted by Crippen LogP contribution is 1.89. The van der Waals surface area contributed by atoms with E-state index in [-0.39, 0.29) is 6.10 Å². The summed E-state index contributed by atoms with van der Waals surface area (Å²) in [5.74, 6) is 0. The molecular weight excluding hydrogens is 130 g/mol. The molecular formula is C7H15NO2. The maximum absolute atomic E-state index is 9.82. The van der Waals surface area contributed by atoms with E-state index in [1.807, 2.05) is 6.92 Å². The molecule has 0 saturated heterocycles. The van der Waals surface area contributed by atoms with Gasteiger partial charge in [-0.1, -0.05) is 6.92 Å². The molecule has 0 aromatic rings. The van der Waals surface area contributed by atoms with Crippen LogP contribution in [0.1, 0.15) is 20.3 Å². The van der Waals surface area contributed by atoms with Crippen molar-refractivity contribution in [2.75, 3.05) is 13.2 Å². The molecule has 1 amide bonds. The van der Waals surface area contributed by atoms with E-state index in [0.29, 0.717) is 13.0 Å². The molecule has 0 saturated carbocycles. The SMILES string of the molecule is CCCOC(C)CNC=O. The quantitative estimate of drug-likeness (QED) is 0.554. The van der Waals surface area contributed by atoms with Gasteiger partial charge in [-0.3, -0.25) is 4.79 Å². The van der Waals surface area contributed by atoms with Crippen molar-refractivity contribution < 1.29 is 9.53 Å². The molecule has 0 radical (unpaired) electrons. The third-order valence-electron chi connectivity index (χ3n) is 1.10. The fraction of sp³-hybridized carbons (Fsp3) is 0.857. The second kappa shape index (κ2) is 6.55. The summed E-state index contributed by atoms with van der Waals surface area (Å²) in [6.45, 7) is 5.36. The summed E-state index contributed by atoms with van der Waals surface area (Å²) in [5.41, 5.74) is 0. The minimum absolute atomic E-state index is 0.130. The van der Waals surface area contributed by atoms with Crippen molar-refractivity contribution in [3.8, 4) is 0 Å². The second-order valence-corrected chi connectivity index (χ2v) is 2.21. The second-order valence-electron chi connectivity index (χ2n) is 2.21. The summed E-state index contributed by atoms with van der Waals surface area (Å²) in [6.07, 6.45) is 1.84. The molecule has 0 fully saturated rings. The lowest BCUT2D eigenvalue weighted by molar-refractivity contribution is -0.110. The van der Waals surface area contributed by atoms with Gasteiger partial charge in [-0.05, 0) is 13.3 Å². The zero-order valence-corrected chi connectivity index (χ0v) is 6.59. The molecule has 0 aliphatic carbocycles. The van der Waals surface area contributed by atoms with E-state index in [1.54, 1.807) is 0 Å². The summed E-state index contributed by atoms with van der Waals surface area (Å²) in [7, 11) is 0. The van der Waals surface area contributed by atoms with E-state index in [1.165, 1.54) is 0 Å². The van der Waals surface area contributed by atoms with E-state index in [0.717, 1.165) is 13.0 Å². The monoisotopic (exact) mass is 145 g/mol. The molecule has 1 unspecified atom stereocenters. The molecule has 0 aliphatic heterocycles. The Morgan fingerprint density at radius 2 is 2.40 bits per heavy atom. The standard InChI is InChI=1S/C7H15NO2/c1-3-4-10-7(2)5-8-6-9/h6-7H,3-5H2,1-2H3,(H,8,9). The number of amides is 1. The van der Waals surface area contributed by atoms with Gasteiger partial charge in [0, 0.05) is 13.2 Å². The van der Waals surface area contributed by atoms with Crippen molar-refractivity contribution in [1.29, 1.82) is 0 Å². The van der Waals surface area contributed by atoms with Crippen LogP contribution in [0.3, 0.4) is 0 Å². The molecule has 0 heterocycles. The summed E-state index contributed by atoms with van der Waals surface area (Å²) in [6, 6.07) is 0. The number of carbonyl (C=O) groups excluding carboxylic acids is 1. The predicted molar refractivity (Wildman–Crippen MR) is 39.8 cm³/mol. The fourth-order valence-electron chi connectivity index (χ4n) is 0.592. The van der Waals surface area contributed by atoms with Crippen LogP contribution in [-0.2, 0) is 9.53 Å². The molecule has 0 rings (SSSR count). The van der Waals surface area contributed by atoms with Gasteiger partial charge >= 0.3 is 0 Å².